The van der Waals surface area contributed by atoms with Crippen molar-refractivity contribution in [3.05, 3.63) is 44.7 Å². The second-order valence-electron chi connectivity index (χ2n) is 7.57. The number of rotatable bonds is 5. The molecular formula is C21H25N5O3S2. The summed E-state index contributed by atoms with van der Waals surface area (Å²) in [6.45, 7) is 7.96. The number of aliphatic hydroxyl groups is 1. The predicted octanol–water partition coefficient (Wildman–Crippen LogP) is 1.34. The SMILES string of the molecule is CCN1C(=O)C(=Cc2c(N3CCN(CCO)CC3)nc3ccc(C)cn3c2=O)SC1=S. The van der Waals surface area contributed by atoms with Crippen LogP contribution in [0.15, 0.2) is 28.0 Å². The van der Waals surface area contributed by atoms with Crippen LogP contribution in [0.4, 0.5) is 5.82 Å². The van der Waals surface area contributed by atoms with Crippen molar-refractivity contribution in [1.29, 1.82) is 0 Å². The van der Waals surface area contributed by atoms with E-state index in [-0.39, 0.29) is 18.1 Å². The van der Waals surface area contributed by atoms with Crippen LogP contribution in [0.25, 0.3) is 11.7 Å². The van der Waals surface area contributed by atoms with Crippen LogP contribution >= 0.6 is 24.0 Å². The molecule has 2 aromatic heterocycles. The molecule has 2 saturated heterocycles. The third-order valence-electron chi connectivity index (χ3n) is 5.54. The first kappa shape index (κ1) is 21.9. The van der Waals surface area contributed by atoms with Crippen molar-refractivity contribution in [3.8, 4) is 0 Å². The van der Waals surface area contributed by atoms with Gasteiger partial charge in [-0.1, -0.05) is 30.0 Å². The fourth-order valence-corrected chi connectivity index (χ4v) is 5.21. The Kier molecular flexibility index (Phi) is 6.42. The number of nitrogens with zero attached hydrogens (tertiary/aromatic N) is 5. The van der Waals surface area contributed by atoms with Crippen LogP contribution in [0.3, 0.4) is 0 Å². The Bertz CT molecular complexity index is 1120. The minimum absolute atomic E-state index is 0.124. The second-order valence-corrected chi connectivity index (χ2v) is 9.24. The number of anilines is 1. The second kappa shape index (κ2) is 9.07. The molecule has 1 amide bonds. The van der Waals surface area contributed by atoms with E-state index < -0.39 is 0 Å². The molecule has 0 aliphatic carbocycles. The summed E-state index contributed by atoms with van der Waals surface area (Å²) < 4.78 is 2.04. The van der Waals surface area contributed by atoms with Crippen LogP contribution in [-0.4, -0.2) is 80.4 Å². The molecular weight excluding hydrogens is 434 g/mol. The average Bonchev–Trinajstić information content (AvgIpc) is 3.03. The summed E-state index contributed by atoms with van der Waals surface area (Å²) in [5.41, 5.74) is 1.71. The quantitative estimate of drug-likeness (QED) is 0.530. The van der Waals surface area contributed by atoms with E-state index >= 15 is 0 Å². The first-order chi connectivity index (χ1) is 14.9. The van der Waals surface area contributed by atoms with Crippen molar-refractivity contribution in [2.75, 3.05) is 50.8 Å². The van der Waals surface area contributed by atoms with Gasteiger partial charge in [0, 0.05) is 45.5 Å². The Morgan fingerprint density at radius 2 is 1.97 bits per heavy atom. The van der Waals surface area contributed by atoms with E-state index in [1.54, 1.807) is 12.3 Å². The lowest BCUT2D eigenvalue weighted by Crippen LogP contribution is -2.48. The van der Waals surface area contributed by atoms with E-state index in [0.29, 0.717) is 52.4 Å². The van der Waals surface area contributed by atoms with Gasteiger partial charge in [-0.3, -0.25) is 23.8 Å². The highest BCUT2D eigenvalue weighted by molar-refractivity contribution is 8.26. The van der Waals surface area contributed by atoms with Crippen molar-refractivity contribution in [3.63, 3.8) is 0 Å². The number of hydrogen-bond donors (Lipinski definition) is 1. The number of pyridine rings is 1. The zero-order valence-electron chi connectivity index (χ0n) is 17.6. The molecule has 0 radical (unpaired) electrons. The van der Waals surface area contributed by atoms with E-state index in [9.17, 15) is 14.7 Å². The molecule has 2 aliphatic rings. The van der Waals surface area contributed by atoms with E-state index in [4.69, 9.17) is 17.2 Å². The van der Waals surface area contributed by atoms with Crippen LogP contribution in [-0.2, 0) is 4.79 Å². The van der Waals surface area contributed by atoms with Gasteiger partial charge >= 0.3 is 0 Å². The molecule has 1 N–H and O–H groups in total. The summed E-state index contributed by atoms with van der Waals surface area (Å²) in [5, 5.41) is 9.20. The number of carbonyl (C=O) groups excluding carboxylic acids is 1. The molecule has 0 atom stereocenters. The Labute approximate surface area is 190 Å². The Hall–Kier alpha value is -2.27. The number of carbonyl (C=O) groups is 1. The molecule has 2 fully saturated rings. The molecule has 0 spiro atoms. The lowest BCUT2D eigenvalue weighted by atomic mass is 10.2. The smallest absolute Gasteiger partial charge is 0.267 e. The number of aliphatic hydroxyl groups excluding tert-OH is 1. The van der Waals surface area contributed by atoms with Gasteiger partial charge in [0.15, 0.2) is 0 Å². The van der Waals surface area contributed by atoms with Crippen LogP contribution in [0.2, 0.25) is 0 Å². The van der Waals surface area contributed by atoms with Crippen molar-refractivity contribution >= 4 is 51.7 Å². The van der Waals surface area contributed by atoms with Crippen molar-refractivity contribution < 1.29 is 9.90 Å². The molecule has 8 nitrogen and oxygen atoms in total. The Morgan fingerprint density at radius 3 is 2.61 bits per heavy atom. The molecule has 2 aromatic rings. The van der Waals surface area contributed by atoms with Crippen LogP contribution in [0, 0.1) is 6.92 Å². The van der Waals surface area contributed by atoms with Crippen LogP contribution in [0.5, 0.6) is 0 Å². The molecule has 4 heterocycles. The molecule has 31 heavy (non-hydrogen) atoms. The maximum Gasteiger partial charge on any atom is 0.267 e. The molecule has 0 unspecified atom stereocenters. The molecule has 0 aromatic carbocycles. The number of fused-ring (bicyclic) bond motifs is 1. The number of aromatic nitrogens is 2. The topological polar surface area (TPSA) is 81.4 Å². The van der Waals surface area contributed by atoms with E-state index in [1.165, 1.54) is 21.1 Å². The summed E-state index contributed by atoms with van der Waals surface area (Å²) in [7, 11) is 0. The zero-order chi connectivity index (χ0) is 22.1. The number of β-amino-alcohol motifs (C(OH)–C–C–N with tert-alkyl or cyclic N) is 1. The summed E-state index contributed by atoms with van der Waals surface area (Å²) in [5.74, 6) is 0.407. The summed E-state index contributed by atoms with van der Waals surface area (Å²) >= 11 is 6.54. The van der Waals surface area contributed by atoms with Gasteiger partial charge in [0.25, 0.3) is 11.5 Å². The van der Waals surface area contributed by atoms with Gasteiger partial charge in [0.05, 0.1) is 17.1 Å². The first-order valence-corrected chi connectivity index (χ1v) is 11.5. The fourth-order valence-electron chi connectivity index (χ4n) is 3.84. The molecule has 0 saturated carbocycles. The number of hydrogen-bond acceptors (Lipinski definition) is 8. The highest BCUT2D eigenvalue weighted by atomic mass is 32.2. The molecule has 0 bridgehead atoms. The molecule has 10 heteroatoms. The lowest BCUT2D eigenvalue weighted by molar-refractivity contribution is -0.121. The summed E-state index contributed by atoms with van der Waals surface area (Å²) in [6.07, 6.45) is 3.41. The maximum absolute atomic E-state index is 13.5. The molecule has 2 aliphatic heterocycles. The molecule has 164 valence electrons. The Morgan fingerprint density at radius 1 is 1.23 bits per heavy atom. The third kappa shape index (κ3) is 4.25. The number of amides is 1. The van der Waals surface area contributed by atoms with Gasteiger partial charge < -0.3 is 10.0 Å². The monoisotopic (exact) mass is 459 g/mol. The van der Waals surface area contributed by atoms with Gasteiger partial charge in [-0.05, 0) is 31.6 Å². The minimum atomic E-state index is -0.205. The average molecular weight is 460 g/mol. The highest BCUT2D eigenvalue weighted by Gasteiger charge is 2.32. The van der Waals surface area contributed by atoms with Crippen molar-refractivity contribution in [2.45, 2.75) is 13.8 Å². The van der Waals surface area contributed by atoms with Gasteiger partial charge in [0.1, 0.15) is 15.8 Å². The van der Waals surface area contributed by atoms with Crippen LogP contribution < -0.4 is 10.5 Å². The number of likely N-dealkylation sites (N-methyl/N-ethyl adjacent to an activating group) is 1. The van der Waals surface area contributed by atoms with Gasteiger partial charge in [-0.2, -0.15) is 0 Å². The highest BCUT2D eigenvalue weighted by Crippen LogP contribution is 2.33. The number of piperazine rings is 1. The number of thiocarbonyl (C=S) groups is 1. The molecule has 4 rings (SSSR count). The summed E-state index contributed by atoms with van der Waals surface area (Å²) in [6, 6.07) is 3.76. The van der Waals surface area contributed by atoms with Gasteiger partial charge in [0.2, 0.25) is 0 Å². The first-order valence-electron chi connectivity index (χ1n) is 10.3. The largest absolute Gasteiger partial charge is 0.395 e. The van der Waals surface area contributed by atoms with Crippen LogP contribution in [0.1, 0.15) is 18.1 Å². The maximum atomic E-state index is 13.5. The summed E-state index contributed by atoms with van der Waals surface area (Å²) in [4.78, 5) is 37.3. The van der Waals surface area contributed by atoms with E-state index in [1.807, 2.05) is 26.0 Å². The van der Waals surface area contributed by atoms with E-state index in [0.717, 1.165) is 18.7 Å². The van der Waals surface area contributed by atoms with Gasteiger partial charge in [-0.25, -0.2) is 4.98 Å². The Balaban J connectivity index is 1.81. The predicted molar refractivity (Wildman–Crippen MR) is 127 cm³/mol. The van der Waals surface area contributed by atoms with Gasteiger partial charge in [-0.15, -0.1) is 0 Å². The van der Waals surface area contributed by atoms with E-state index in [2.05, 4.69) is 9.80 Å². The number of aryl methyl sites for hydroxylation is 1. The normalized spacial score (nSPS) is 19.3. The standard InChI is InChI=1S/C21H25N5O3S2/c1-3-25-20(29)16(31-21(25)30)12-15-18(24-8-6-23(7-9-24)10-11-27)22-17-5-4-14(2)13-26(17)19(15)28/h4-5,12-13,27H,3,6-11H2,1-2H3. The third-order valence-corrected chi connectivity index (χ3v) is 6.92. The fraction of sp³-hybridized carbons (Fsp3) is 0.429. The van der Waals surface area contributed by atoms with Crippen molar-refractivity contribution in [2.24, 2.45) is 0 Å². The lowest BCUT2D eigenvalue weighted by Gasteiger charge is -2.35. The zero-order valence-corrected chi connectivity index (χ0v) is 19.2. The minimum Gasteiger partial charge on any atom is -0.395 e. The number of thioether (sulfide) groups is 1. The van der Waals surface area contributed by atoms with Crippen molar-refractivity contribution in [1.82, 2.24) is 19.2 Å².